The molecular weight excluding hydrogens is 515 g/mol. The number of carboxylic acids is 1. The Morgan fingerprint density at radius 2 is 1.73 bits per heavy atom. The van der Waals surface area contributed by atoms with E-state index in [0.717, 1.165) is 43.5 Å². The smallest absolute Gasteiger partial charge is 0.475 e. The van der Waals surface area contributed by atoms with Crippen molar-refractivity contribution in [3.63, 3.8) is 0 Å². The van der Waals surface area contributed by atoms with Crippen molar-refractivity contribution in [2.24, 2.45) is 5.73 Å². The fraction of sp³-hybridized carbons (Fsp3) is 0.348. The van der Waals surface area contributed by atoms with Gasteiger partial charge >= 0.3 is 12.1 Å². The predicted molar refractivity (Wildman–Crippen MR) is 130 cm³/mol. The summed E-state index contributed by atoms with van der Waals surface area (Å²) in [6.45, 7) is 2.53. The number of aliphatic carboxylic acids is 1. The van der Waals surface area contributed by atoms with Crippen LogP contribution in [0.1, 0.15) is 28.8 Å². The Balaban J connectivity index is 0.000000479. The normalized spacial score (nSPS) is 15.2. The van der Waals surface area contributed by atoms with Crippen LogP contribution in [0.25, 0.3) is 16.6 Å². The number of piperidine rings is 1. The summed E-state index contributed by atoms with van der Waals surface area (Å²) in [7, 11) is -3.15. The molecule has 1 saturated heterocycles. The van der Waals surface area contributed by atoms with Gasteiger partial charge in [-0.1, -0.05) is 24.3 Å². The maximum absolute atomic E-state index is 11.6. The van der Waals surface area contributed by atoms with Gasteiger partial charge in [-0.2, -0.15) is 18.3 Å². The zero-order valence-corrected chi connectivity index (χ0v) is 20.6. The molecule has 0 bridgehead atoms. The van der Waals surface area contributed by atoms with Crippen LogP contribution >= 0.6 is 0 Å². The molecule has 0 atom stereocenters. The van der Waals surface area contributed by atoms with Gasteiger partial charge in [0.1, 0.15) is 5.52 Å². The maximum Gasteiger partial charge on any atom is 0.490 e. The largest absolute Gasteiger partial charge is 0.490 e. The molecule has 10 nitrogen and oxygen atoms in total. The van der Waals surface area contributed by atoms with E-state index >= 15 is 0 Å². The Labute approximate surface area is 210 Å². The lowest BCUT2D eigenvalue weighted by Crippen LogP contribution is -2.43. The van der Waals surface area contributed by atoms with Gasteiger partial charge in [-0.3, -0.25) is 9.69 Å². The quantitative estimate of drug-likeness (QED) is 0.434. The van der Waals surface area contributed by atoms with Crippen molar-refractivity contribution in [3.8, 4) is 5.69 Å². The van der Waals surface area contributed by atoms with E-state index in [1.165, 1.54) is 11.8 Å². The number of benzene rings is 2. The first-order valence-electron chi connectivity index (χ1n) is 11.1. The molecule has 3 aromatic rings. The van der Waals surface area contributed by atoms with Crippen molar-refractivity contribution >= 4 is 32.8 Å². The second kappa shape index (κ2) is 11.3. The molecule has 1 amide bonds. The Morgan fingerprint density at radius 3 is 2.24 bits per heavy atom. The summed E-state index contributed by atoms with van der Waals surface area (Å²) in [5, 5.41) is 12.5. The summed E-state index contributed by atoms with van der Waals surface area (Å²) in [6, 6.07) is 13.5. The zero-order valence-electron chi connectivity index (χ0n) is 19.8. The van der Waals surface area contributed by atoms with E-state index in [-0.39, 0.29) is 6.04 Å². The van der Waals surface area contributed by atoms with Crippen LogP contribution in [0, 0.1) is 0 Å². The molecule has 1 aliphatic rings. The van der Waals surface area contributed by atoms with Gasteiger partial charge in [0.15, 0.2) is 0 Å². The van der Waals surface area contributed by atoms with Gasteiger partial charge < -0.3 is 10.8 Å². The van der Waals surface area contributed by atoms with Crippen LogP contribution in [0.3, 0.4) is 0 Å². The average molecular weight is 542 g/mol. The summed E-state index contributed by atoms with van der Waals surface area (Å²) in [5.41, 5.74) is 8.55. The molecule has 1 aliphatic heterocycles. The molecule has 0 saturated carbocycles. The lowest BCUT2D eigenvalue weighted by molar-refractivity contribution is -0.192. The SMILES string of the molecule is CS(=O)(=O)NC1CCN(Cc2ccc(-n3cc4cccc(C(N)=O)c4n3)cc2)CC1.O=C(O)C(F)(F)F. The number of rotatable bonds is 6. The lowest BCUT2D eigenvalue weighted by Gasteiger charge is -2.31. The third-order valence-electron chi connectivity index (χ3n) is 5.62. The molecule has 4 N–H and O–H groups in total. The monoisotopic (exact) mass is 541 g/mol. The van der Waals surface area contributed by atoms with E-state index in [0.29, 0.717) is 11.1 Å². The highest BCUT2D eigenvalue weighted by molar-refractivity contribution is 7.88. The van der Waals surface area contributed by atoms with E-state index in [1.54, 1.807) is 16.8 Å². The molecule has 4 rings (SSSR count). The predicted octanol–water partition coefficient (Wildman–Crippen LogP) is 2.27. The minimum Gasteiger partial charge on any atom is -0.475 e. The van der Waals surface area contributed by atoms with Gasteiger partial charge in [0.2, 0.25) is 10.0 Å². The van der Waals surface area contributed by atoms with Crippen LogP contribution in [0.4, 0.5) is 13.2 Å². The molecule has 1 fully saturated rings. The molecule has 2 aromatic carbocycles. The Hall–Kier alpha value is -3.49. The van der Waals surface area contributed by atoms with Gasteiger partial charge in [0.25, 0.3) is 5.91 Å². The van der Waals surface area contributed by atoms with Crippen molar-refractivity contribution in [2.75, 3.05) is 19.3 Å². The minimum absolute atomic E-state index is 0.0258. The number of aromatic nitrogens is 2. The van der Waals surface area contributed by atoms with Crippen molar-refractivity contribution in [1.29, 1.82) is 0 Å². The average Bonchev–Trinajstić information content (AvgIpc) is 3.24. The molecular formula is C23H26F3N5O5S. The van der Waals surface area contributed by atoms with Crippen LogP contribution in [-0.2, 0) is 21.4 Å². The number of carbonyl (C=O) groups is 2. The van der Waals surface area contributed by atoms with E-state index in [2.05, 4.69) is 26.9 Å². The highest BCUT2D eigenvalue weighted by atomic mass is 32.2. The zero-order chi connectivity index (χ0) is 27.4. The summed E-state index contributed by atoms with van der Waals surface area (Å²) in [6.07, 6.45) is -0.366. The van der Waals surface area contributed by atoms with Crippen LogP contribution in [-0.4, -0.2) is 71.6 Å². The van der Waals surface area contributed by atoms with Crippen molar-refractivity contribution < 1.29 is 36.3 Å². The van der Waals surface area contributed by atoms with Crippen LogP contribution in [0.5, 0.6) is 0 Å². The number of primary amides is 1. The number of alkyl halides is 3. The molecule has 1 aromatic heterocycles. The number of likely N-dealkylation sites (tertiary alicyclic amines) is 1. The number of sulfonamides is 1. The lowest BCUT2D eigenvalue weighted by atomic mass is 10.1. The number of carbonyl (C=O) groups excluding carboxylic acids is 1. The molecule has 0 spiro atoms. The summed E-state index contributed by atoms with van der Waals surface area (Å²) in [4.78, 5) is 22.8. The van der Waals surface area contributed by atoms with Crippen LogP contribution in [0.15, 0.2) is 48.7 Å². The summed E-state index contributed by atoms with van der Waals surface area (Å²) >= 11 is 0. The number of nitrogens with two attached hydrogens (primary N) is 1. The number of carboxylic acid groups (broad SMARTS) is 1. The summed E-state index contributed by atoms with van der Waals surface area (Å²) < 4.78 is 58.9. The number of hydrogen-bond acceptors (Lipinski definition) is 6. The van der Waals surface area contributed by atoms with Crippen molar-refractivity contribution in [1.82, 2.24) is 19.4 Å². The Morgan fingerprint density at radius 1 is 1.14 bits per heavy atom. The van der Waals surface area contributed by atoms with E-state index in [4.69, 9.17) is 15.6 Å². The van der Waals surface area contributed by atoms with Crippen LogP contribution < -0.4 is 10.5 Å². The van der Waals surface area contributed by atoms with Crippen molar-refractivity contribution in [2.45, 2.75) is 31.6 Å². The number of fused-ring (bicyclic) bond motifs is 1. The first-order valence-corrected chi connectivity index (χ1v) is 13.0. The van der Waals surface area contributed by atoms with E-state index in [1.807, 2.05) is 24.4 Å². The molecule has 2 heterocycles. The second-order valence-electron chi connectivity index (χ2n) is 8.59. The molecule has 37 heavy (non-hydrogen) atoms. The first kappa shape index (κ1) is 28.1. The third-order valence-corrected chi connectivity index (χ3v) is 6.38. The fourth-order valence-corrected chi connectivity index (χ4v) is 4.74. The highest BCUT2D eigenvalue weighted by Gasteiger charge is 2.38. The van der Waals surface area contributed by atoms with Gasteiger partial charge in [0.05, 0.1) is 17.5 Å². The number of halogens is 3. The second-order valence-corrected chi connectivity index (χ2v) is 10.4. The van der Waals surface area contributed by atoms with Crippen molar-refractivity contribution in [3.05, 3.63) is 59.8 Å². The molecule has 14 heteroatoms. The van der Waals surface area contributed by atoms with Gasteiger partial charge in [-0.15, -0.1) is 0 Å². The molecule has 200 valence electrons. The van der Waals surface area contributed by atoms with E-state index < -0.39 is 28.1 Å². The topological polar surface area (TPSA) is 148 Å². The van der Waals surface area contributed by atoms with Crippen LogP contribution in [0.2, 0.25) is 0 Å². The summed E-state index contributed by atoms with van der Waals surface area (Å²) in [5.74, 6) is -3.25. The fourth-order valence-electron chi connectivity index (χ4n) is 3.90. The number of amides is 1. The number of hydrogen-bond donors (Lipinski definition) is 3. The maximum atomic E-state index is 11.6. The standard InChI is InChI=1S/C21H25N5O3S.C2HF3O2/c1-30(28,29)24-17-9-11-25(12-10-17)13-15-5-7-18(8-6-15)26-14-16-3-2-4-19(21(22)27)20(16)23-26;3-2(4,5)1(6)7/h2-8,14,17,24H,9-13H2,1H3,(H2,22,27);(H,6,7). The van der Waals surface area contributed by atoms with Gasteiger partial charge in [-0.25, -0.2) is 22.6 Å². The molecule has 0 aliphatic carbocycles. The van der Waals surface area contributed by atoms with Gasteiger partial charge in [0, 0.05) is 37.3 Å². The van der Waals surface area contributed by atoms with Gasteiger partial charge in [-0.05, 0) is 36.6 Å². The Kier molecular flexibility index (Phi) is 8.56. The highest BCUT2D eigenvalue weighted by Crippen LogP contribution is 2.21. The number of nitrogens with one attached hydrogen (secondary N) is 1. The Bertz CT molecular complexity index is 1370. The third kappa shape index (κ3) is 8.00. The van der Waals surface area contributed by atoms with E-state index in [9.17, 15) is 26.4 Å². The number of nitrogens with zero attached hydrogens (tertiary/aromatic N) is 3. The minimum atomic E-state index is -5.08. The molecule has 0 radical (unpaired) electrons. The first-order chi connectivity index (χ1) is 17.2. The molecule has 0 unspecified atom stereocenters.